The largest absolute Gasteiger partial charge is 0.478 e. The molecule has 1 fully saturated rings. The number of carbonyl (C=O) groups is 2. The van der Waals surface area contributed by atoms with E-state index in [1.165, 1.54) is 24.6 Å². The highest BCUT2D eigenvalue weighted by Crippen LogP contribution is 2.29. The van der Waals surface area contributed by atoms with Crippen molar-refractivity contribution in [2.75, 3.05) is 18.0 Å². The number of carbonyl (C=O) groups excluding carboxylic acids is 1. The van der Waals surface area contributed by atoms with Gasteiger partial charge in [-0.2, -0.15) is 0 Å². The first-order valence-electron chi connectivity index (χ1n) is 9.60. The van der Waals surface area contributed by atoms with E-state index in [9.17, 15) is 14.0 Å². The van der Waals surface area contributed by atoms with Gasteiger partial charge in [0.2, 0.25) is 5.91 Å². The van der Waals surface area contributed by atoms with Crippen molar-refractivity contribution >= 4 is 17.6 Å². The van der Waals surface area contributed by atoms with Gasteiger partial charge in [0.05, 0.1) is 18.0 Å². The van der Waals surface area contributed by atoms with Gasteiger partial charge in [-0.1, -0.05) is 18.2 Å². The average Bonchev–Trinajstić information content (AvgIpc) is 2.68. The molecule has 1 aliphatic heterocycles. The lowest BCUT2D eigenvalue weighted by atomic mass is 10.0. The minimum atomic E-state index is -0.994. The Hall–Kier alpha value is -2.89. The molecular formula is C22H25FN2O3. The van der Waals surface area contributed by atoms with Gasteiger partial charge >= 0.3 is 5.97 Å². The molecule has 148 valence electrons. The van der Waals surface area contributed by atoms with E-state index >= 15 is 0 Å². The minimum absolute atomic E-state index is 0.157. The normalized spacial score (nSPS) is 15.1. The minimum Gasteiger partial charge on any atom is -0.478 e. The number of nitrogens with zero attached hydrogens (tertiary/aromatic N) is 1. The van der Waals surface area contributed by atoms with Crippen molar-refractivity contribution in [1.82, 2.24) is 5.32 Å². The second-order valence-corrected chi connectivity index (χ2v) is 7.22. The molecule has 2 aromatic rings. The van der Waals surface area contributed by atoms with Crippen LogP contribution < -0.4 is 10.2 Å². The van der Waals surface area contributed by atoms with E-state index < -0.39 is 5.97 Å². The van der Waals surface area contributed by atoms with Crippen LogP contribution in [0.1, 0.15) is 53.7 Å². The molecule has 1 aliphatic rings. The van der Waals surface area contributed by atoms with Gasteiger partial charge in [0.1, 0.15) is 5.82 Å². The number of aromatic carboxylic acids is 1. The van der Waals surface area contributed by atoms with E-state index in [4.69, 9.17) is 5.11 Å². The maximum absolute atomic E-state index is 13.8. The van der Waals surface area contributed by atoms with Crippen LogP contribution in [0.15, 0.2) is 42.5 Å². The van der Waals surface area contributed by atoms with Crippen LogP contribution in [-0.4, -0.2) is 30.1 Å². The SMILES string of the molecule is CC(NC(=O)Cc1ccc(C(=O)O)cc1)c1ccc(F)cc1N1CCCCC1. The summed E-state index contributed by atoms with van der Waals surface area (Å²) >= 11 is 0. The smallest absolute Gasteiger partial charge is 0.335 e. The number of piperidine rings is 1. The van der Waals surface area contributed by atoms with E-state index in [1.807, 2.05) is 6.92 Å². The molecule has 28 heavy (non-hydrogen) atoms. The lowest BCUT2D eigenvalue weighted by Crippen LogP contribution is -2.33. The fourth-order valence-electron chi connectivity index (χ4n) is 3.61. The van der Waals surface area contributed by atoms with Crippen molar-refractivity contribution in [2.45, 2.75) is 38.6 Å². The predicted molar refractivity (Wildman–Crippen MR) is 106 cm³/mol. The third kappa shape index (κ3) is 4.88. The zero-order valence-corrected chi connectivity index (χ0v) is 16.0. The van der Waals surface area contributed by atoms with Crippen molar-refractivity contribution in [3.63, 3.8) is 0 Å². The number of rotatable bonds is 6. The fourth-order valence-corrected chi connectivity index (χ4v) is 3.61. The highest BCUT2D eigenvalue weighted by atomic mass is 19.1. The van der Waals surface area contributed by atoms with Gasteiger partial charge < -0.3 is 15.3 Å². The molecule has 1 heterocycles. The average molecular weight is 384 g/mol. The van der Waals surface area contributed by atoms with Crippen LogP contribution in [0.25, 0.3) is 0 Å². The van der Waals surface area contributed by atoms with Crippen LogP contribution in [0.4, 0.5) is 10.1 Å². The van der Waals surface area contributed by atoms with Crippen LogP contribution in [0.2, 0.25) is 0 Å². The third-order valence-electron chi connectivity index (χ3n) is 5.10. The van der Waals surface area contributed by atoms with Crippen LogP contribution in [0.5, 0.6) is 0 Å². The molecule has 6 heteroatoms. The first-order valence-corrected chi connectivity index (χ1v) is 9.60. The zero-order valence-electron chi connectivity index (χ0n) is 16.0. The number of nitrogens with one attached hydrogen (secondary N) is 1. The summed E-state index contributed by atoms with van der Waals surface area (Å²) in [6.45, 7) is 3.69. The maximum Gasteiger partial charge on any atom is 0.335 e. The Morgan fingerprint density at radius 3 is 2.43 bits per heavy atom. The molecule has 3 rings (SSSR count). The summed E-state index contributed by atoms with van der Waals surface area (Å²) in [5.74, 6) is -1.43. The van der Waals surface area contributed by atoms with Crippen LogP contribution in [0, 0.1) is 5.82 Å². The topological polar surface area (TPSA) is 69.6 Å². The van der Waals surface area contributed by atoms with E-state index in [-0.39, 0.29) is 29.8 Å². The van der Waals surface area contributed by atoms with Crippen molar-refractivity contribution in [3.05, 3.63) is 65.0 Å². The number of carboxylic acid groups (broad SMARTS) is 1. The molecule has 1 saturated heterocycles. The van der Waals surface area contributed by atoms with Crippen molar-refractivity contribution in [2.24, 2.45) is 0 Å². The highest BCUT2D eigenvalue weighted by molar-refractivity contribution is 5.87. The third-order valence-corrected chi connectivity index (χ3v) is 5.10. The summed E-state index contributed by atoms with van der Waals surface area (Å²) in [4.78, 5) is 25.6. The van der Waals surface area contributed by atoms with E-state index in [1.54, 1.807) is 24.3 Å². The van der Waals surface area contributed by atoms with Gasteiger partial charge in [0.15, 0.2) is 0 Å². The molecule has 0 aliphatic carbocycles. The van der Waals surface area contributed by atoms with Gasteiger partial charge in [-0.3, -0.25) is 4.79 Å². The van der Waals surface area contributed by atoms with Gasteiger partial charge in [0, 0.05) is 18.8 Å². The summed E-state index contributed by atoms with van der Waals surface area (Å²) in [7, 11) is 0. The van der Waals surface area contributed by atoms with Gasteiger partial charge in [-0.25, -0.2) is 9.18 Å². The molecular weight excluding hydrogens is 359 g/mol. The summed E-state index contributed by atoms with van der Waals surface area (Å²) in [5, 5.41) is 11.9. The van der Waals surface area contributed by atoms with E-state index in [2.05, 4.69) is 10.2 Å². The first kappa shape index (κ1) is 19.9. The number of carboxylic acids is 1. The van der Waals surface area contributed by atoms with Gasteiger partial charge in [-0.05, 0) is 61.6 Å². The van der Waals surface area contributed by atoms with Crippen LogP contribution in [0.3, 0.4) is 0 Å². The van der Waals surface area contributed by atoms with Crippen LogP contribution >= 0.6 is 0 Å². The molecule has 2 aromatic carbocycles. The zero-order chi connectivity index (χ0) is 20.1. The molecule has 0 radical (unpaired) electrons. The van der Waals surface area contributed by atoms with E-state index in [0.717, 1.165) is 42.7 Å². The van der Waals surface area contributed by atoms with E-state index in [0.29, 0.717) is 0 Å². The fraction of sp³-hybridized carbons (Fsp3) is 0.364. The summed E-state index contributed by atoms with van der Waals surface area (Å²) in [6, 6.07) is 10.7. The molecule has 5 nitrogen and oxygen atoms in total. The number of amides is 1. The Balaban J connectivity index is 1.69. The molecule has 0 bridgehead atoms. The number of halogens is 1. The number of hydrogen-bond acceptors (Lipinski definition) is 3. The Labute approximate surface area is 164 Å². The summed E-state index contributed by atoms with van der Waals surface area (Å²) in [6.07, 6.45) is 3.52. The molecule has 2 N–H and O–H groups in total. The second kappa shape index (κ2) is 8.87. The quantitative estimate of drug-likeness (QED) is 0.792. The molecule has 0 saturated carbocycles. The standard InChI is InChI=1S/C22H25FN2O3/c1-15(24-21(26)13-16-5-7-17(8-6-16)22(27)28)19-10-9-18(23)14-20(19)25-11-3-2-4-12-25/h5-10,14-15H,2-4,11-13H2,1H3,(H,24,26)(H,27,28). The molecule has 0 aromatic heterocycles. The monoisotopic (exact) mass is 384 g/mol. The molecule has 0 spiro atoms. The van der Waals surface area contributed by atoms with Gasteiger partial charge in [0.25, 0.3) is 0 Å². The first-order chi connectivity index (χ1) is 13.4. The molecule has 1 unspecified atom stereocenters. The Kier molecular flexibility index (Phi) is 6.29. The highest BCUT2D eigenvalue weighted by Gasteiger charge is 2.20. The Morgan fingerprint density at radius 2 is 1.79 bits per heavy atom. The second-order valence-electron chi connectivity index (χ2n) is 7.22. The molecule has 1 amide bonds. The summed E-state index contributed by atoms with van der Waals surface area (Å²) in [5.41, 5.74) is 2.68. The van der Waals surface area contributed by atoms with Gasteiger partial charge in [-0.15, -0.1) is 0 Å². The predicted octanol–water partition coefficient (Wildman–Crippen LogP) is 3.93. The Bertz CT molecular complexity index is 845. The number of anilines is 1. The summed E-state index contributed by atoms with van der Waals surface area (Å²) < 4.78 is 13.8. The maximum atomic E-state index is 13.8. The Morgan fingerprint density at radius 1 is 1.11 bits per heavy atom. The van der Waals surface area contributed by atoms with Crippen molar-refractivity contribution in [1.29, 1.82) is 0 Å². The van der Waals surface area contributed by atoms with Crippen molar-refractivity contribution < 1.29 is 19.1 Å². The number of hydrogen-bond donors (Lipinski definition) is 2. The lowest BCUT2D eigenvalue weighted by molar-refractivity contribution is -0.121. The van der Waals surface area contributed by atoms with Crippen LogP contribution in [-0.2, 0) is 11.2 Å². The van der Waals surface area contributed by atoms with Crippen molar-refractivity contribution in [3.8, 4) is 0 Å². The lowest BCUT2D eigenvalue weighted by Gasteiger charge is -2.32. The number of benzene rings is 2. The molecule has 1 atom stereocenters.